The van der Waals surface area contributed by atoms with Gasteiger partial charge in [0, 0.05) is 25.9 Å². The van der Waals surface area contributed by atoms with Crippen LogP contribution in [-0.4, -0.2) is 45.6 Å². The number of nitrogen functional groups attached to an aromatic ring is 1. The van der Waals surface area contributed by atoms with Crippen LogP contribution in [0.25, 0.3) is 0 Å². The third-order valence-electron chi connectivity index (χ3n) is 2.52. The maximum Gasteiger partial charge on any atom is 0.241 e. The molecule has 1 amide bonds. The molecule has 1 rings (SSSR count). The van der Waals surface area contributed by atoms with Crippen molar-refractivity contribution in [2.24, 2.45) is 5.84 Å². The number of aromatic nitrogens is 1. The number of ether oxygens (including phenoxy) is 1. The van der Waals surface area contributed by atoms with Crippen LogP contribution in [0, 0.1) is 0 Å². The molecular formula is C11H19N5O4S. The van der Waals surface area contributed by atoms with E-state index in [9.17, 15) is 13.2 Å². The largest absolute Gasteiger partial charge is 0.383 e. The van der Waals surface area contributed by atoms with Crippen molar-refractivity contribution >= 4 is 21.7 Å². The van der Waals surface area contributed by atoms with Crippen LogP contribution < -0.4 is 21.3 Å². The lowest BCUT2D eigenvalue weighted by atomic mass is 10.3. The normalized spacial score (nSPS) is 12.7. The summed E-state index contributed by atoms with van der Waals surface area (Å²) < 4.78 is 31.3. The molecule has 0 saturated carbocycles. The Morgan fingerprint density at radius 3 is 2.86 bits per heavy atom. The van der Waals surface area contributed by atoms with E-state index in [1.807, 2.05) is 0 Å². The van der Waals surface area contributed by atoms with Gasteiger partial charge in [0.2, 0.25) is 15.9 Å². The number of nitrogens with two attached hydrogens (primary N) is 1. The summed E-state index contributed by atoms with van der Waals surface area (Å²) in [5.41, 5.74) is 2.25. The molecule has 0 aromatic carbocycles. The lowest BCUT2D eigenvalue weighted by Crippen LogP contribution is -2.45. The molecule has 5 N–H and O–H groups in total. The third-order valence-corrected chi connectivity index (χ3v) is 4.06. The lowest BCUT2D eigenvalue weighted by Gasteiger charge is -2.14. The van der Waals surface area contributed by atoms with Crippen molar-refractivity contribution < 1.29 is 17.9 Å². The van der Waals surface area contributed by atoms with Gasteiger partial charge in [0.25, 0.3) is 0 Å². The maximum absolute atomic E-state index is 12.1. The maximum atomic E-state index is 12.1. The molecular weight excluding hydrogens is 298 g/mol. The summed E-state index contributed by atoms with van der Waals surface area (Å²) in [5, 5.41) is 2.54. The van der Waals surface area contributed by atoms with Crippen LogP contribution in [0.1, 0.15) is 6.92 Å². The van der Waals surface area contributed by atoms with Crippen LogP contribution in [-0.2, 0) is 19.6 Å². The first kappa shape index (κ1) is 17.3. The Morgan fingerprint density at radius 2 is 2.24 bits per heavy atom. The van der Waals surface area contributed by atoms with Crippen molar-refractivity contribution in [2.75, 3.05) is 25.7 Å². The van der Waals surface area contributed by atoms with Crippen molar-refractivity contribution in [3.8, 4) is 0 Å². The van der Waals surface area contributed by atoms with Gasteiger partial charge < -0.3 is 15.5 Å². The number of hydrazine groups is 1. The fourth-order valence-corrected chi connectivity index (χ4v) is 2.66. The molecule has 1 unspecified atom stereocenters. The van der Waals surface area contributed by atoms with E-state index in [1.54, 1.807) is 0 Å². The van der Waals surface area contributed by atoms with Crippen molar-refractivity contribution in [3.63, 3.8) is 0 Å². The number of sulfonamides is 1. The number of rotatable bonds is 8. The zero-order chi connectivity index (χ0) is 15.9. The van der Waals surface area contributed by atoms with Crippen LogP contribution in [0.5, 0.6) is 0 Å². The highest BCUT2D eigenvalue weighted by atomic mass is 32.2. The zero-order valence-corrected chi connectivity index (χ0v) is 12.6. The summed E-state index contributed by atoms with van der Waals surface area (Å²) in [6.45, 7) is 2.10. The predicted octanol–water partition coefficient (Wildman–Crippen LogP) is -1.20. The minimum Gasteiger partial charge on any atom is -0.383 e. The zero-order valence-electron chi connectivity index (χ0n) is 11.8. The fraction of sp³-hybridized carbons (Fsp3) is 0.455. The van der Waals surface area contributed by atoms with E-state index in [0.717, 1.165) is 0 Å². The van der Waals surface area contributed by atoms with E-state index >= 15 is 0 Å². The summed E-state index contributed by atoms with van der Waals surface area (Å²) >= 11 is 0. The highest BCUT2D eigenvalue weighted by Crippen LogP contribution is 2.12. The van der Waals surface area contributed by atoms with E-state index in [4.69, 9.17) is 10.6 Å². The molecule has 9 nitrogen and oxygen atoms in total. The highest BCUT2D eigenvalue weighted by molar-refractivity contribution is 7.89. The molecule has 0 spiro atoms. The lowest BCUT2D eigenvalue weighted by molar-refractivity contribution is -0.122. The number of carbonyl (C=O) groups is 1. The summed E-state index contributed by atoms with van der Waals surface area (Å²) in [4.78, 5) is 15.5. The molecule has 0 aliphatic rings. The summed E-state index contributed by atoms with van der Waals surface area (Å²) in [6.07, 6.45) is 1.30. The van der Waals surface area contributed by atoms with Crippen LogP contribution in [0.3, 0.4) is 0 Å². The molecule has 1 aromatic rings. The van der Waals surface area contributed by atoms with Gasteiger partial charge >= 0.3 is 0 Å². The molecule has 0 bridgehead atoms. The number of hydrogen-bond acceptors (Lipinski definition) is 7. The minimum atomic E-state index is -3.85. The van der Waals surface area contributed by atoms with Gasteiger partial charge in [-0.15, -0.1) is 0 Å². The van der Waals surface area contributed by atoms with Crippen molar-refractivity contribution in [1.29, 1.82) is 0 Å². The van der Waals surface area contributed by atoms with Crippen molar-refractivity contribution in [2.45, 2.75) is 17.9 Å². The molecule has 0 fully saturated rings. The van der Waals surface area contributed by atoms with Crippen LogP contribution in [0.2, 0.25) is 0 Å². The first-order valence-electron chi connectivity index (χ1n) is 6.12. The molecule has 0 aliphatic heterocycles. The molecule has 0 aliphatic carbocycles. The fourth-order valence-electron chi connectivity index (χ4n) is 1.44. The minimum absolute atomic E-state index is 0.0398. The van der Waals surface area contributed by atoms with Crippen molar-refractivity contribution in [1.82, 2.24) is 15.0 Å². The third kappa shape index (κ3) is 5.27. The molecule has 0 radical (unpaired) electrons. The summed E-state index contributed by atoms with van der Waals surface area (Å²) in [6, 6.07) is 1.64. The van der Waals surface area contributed by atoms with Crippen molar-refractivity contribution in [3.05, 3.63) is 18.3 Å². The van der Waals surface area contributed by atoms with Gasteiger partial charge in [0.05, 0.1) is 17.5 Å². The molecule has 0 saturated heterocycles. The molecule has 1 atom stereocenters. The second-order valence-corrected chi connectivity index (χ2v) is 5.86. The first-order chi connectivity index (χ1) is 9.90. The van der Waals surface area contributed by atoms with Crippen LogP contribution >= 0.6 is 0 Å². The topological polar surface area (TPSA) is 135 Å². The number of methoxy groups -OCH3 is 1. The number of hydrogen-bond donors (Lipinski definition) is 4. The van der Waals surface area contributed by atoms with Gasteiger partial charge in [-0.2, -0.15) is 4.72 Å². The Kier molecular flexibility index (Phi) is 6.49. The average Bonchev–Trinajstić information content (AvgIpc) is 2.47. The van der Waals surface area contributed by atoms with Crippen LogP contribution in [0.15, 0.2) is 23.2 Å². The van der Waals surface area contributed by atoms with Crippen LogP contribution in [0.4, 0.5) is 5.82 Å². The Labute approximate surface area is 123 Å². The van der Waals surface area contributed by atoms with E-state index < -0.39 is 22.0 Å². The number of anilines is 1. The van der Waals surface area contributed by atoms with Gasteiger partial charge in [-0.25, -0.2) is 19.2 Å². The first-order valence-corrected chi connectivity index (χ1v) is 7.60. The molecule has 1 aromatic heterocycles. The van der Waals surface area contributed by atoms with Gasteiger partial charge in [-0.3, -0.25) is 4.79 Å². The van der Waals surface area contributed by atoms with Gasteiger partial charge in [0.15, 0.2) is 0 Å². The quantitative estimate of drug-likeness (QED) is 0.268. The molecule has 118 valence electrons. The second kappa shape index (κ2) is 7.88. The molecule has 1 heterocycles. The van der Waals surface area contributed by atoms with Gasteiger partial charge in [-0.05, 0) is 13.0 Å². The van der Waals surface area contributed by atoms with E-state index in [2.05, 4.69) is 20.4 Å². The molecule has 10 heteroatoms. The number of pyridine rings is 1. The number of amides is 1. The Morgan fingerprint density at radius 1 is 1.52 bits per heavy atom. The number of carbonyl (C=O) groups excluding carboxylic acids is 1. The smallest absolute Gasteiger partial charge is 0.241 e. The number of nitrogens with one attached hydrogen (secondary N) is 3. The monoisotopic (exact) mass is 317 g/mol. The van der Waals surface area contributed by atoms with E-state index in [0.29, 0.717) is 13.2 Å². The summed E-state index contributed by atoms with van der Waals surface area (Å²) in [7, 11) is -2.34. The van der Waals surface area contributed by atoms with Gasteiger partial charge in [-0.1, -0.05) is 0 Å². The highest BCUT2D eigenvalue weighted by Gasteiger charge is 2.22. The van der Waals surface area contributed by atoms with E-state index in [1.165, 1.54) is 32.4 Å². The Hall–Kier alpha value is -1.75. The standard InChI is InChI=1S/C11H19N5O4S/c1-8(11(17)14-5-6-20-2)16-21(18,19)9-3-4-13-10(7-9)15-12/h3-4,7-8,16H,5-6,12H2,1-2H3,(H,13,15)(H,14,17). The average molecular weight is 317 g/mol. The number of nitrogens with zero attached hydrogens (tertiary/aromatic N) is 1. The Balaban J connectivity index is 2.72. The predicted molar refractivity (Wildman–Crippen MR) is 76.7 cm³/mol. The summed E-state index contributed by atoms with van der Waals surface area (Å²) in [5.74, 6) is 4.94. The molecule has 21 heavy (non-hydrogen) atoms. The van der Waals surface area contributed by atoms with Gasteiger partial charge in [0.1, 0.15) is 5.82 Å². The SMILES string of the molecule is COCCNC(=O)C(C)NS(=O)(=O)c1ccnc(NN)c1. The second-order valence-electron chi connectivity index (χ2n) is 4.15. The van der Waals surface area contributed by atoms with E-state index in [-0.39, 0.29) is 10.7 Å². The Bertz CT molecular complexity index is 578.